The first-order valence-electron chi connectivity index (χ1n) is 7.84. The van der Waals surface area contributed by atoms with Crippen molar-refractivity contribution in [2.45, 2.75) is 13.5 Å². The Morgan fingerprint density at radius 3 is 2.50 bits per heavy atom. The lowest BCUT2D eigenvalue weighted by Gasteiger charge is -2.20. The largest absolute Gasteiger partial charge is 0.360 e. The van der Waals surface area contributed by atoms with Gasteiger partial charge in [-0.2, -0.15) is 0 Å². The molecule has 1 aromatic heterocycles. The molecule has 5 heteroatoms. The van der Waals surface area contributed by atoms with Crippen molar-refractivity contribution in [3.05, 3.63) is 71.4 Å². The van der Waals surface area contributed by atoms with Crippen molar-refractivity contribution < 1.29 is 13.6 Å². The molecule has 0 aliphatic rings. The Morgan fingerprint density at radius 1 is 1.08 bits per heavy atom. The van der Waals surface area contributed by atoms with Crippen molar-refractivity contribution in [1.29, 1.82) is 0 Å². The Kier molecular flexibility index (Phi) is 4.71. The van der Waals surface area contributed by atoms with Crippen LogP contribution in [-0.2, 0) is 6.54 Å². The summed E-state index contributed by atoms with van der Waals surface area (Å²) < 4.78 is 27.6. The molecular formula is C19H18F2N2O. The summed E-state index contributed by atoms with van der Waals surface area (Å²) in [4.78, 5) is 17.4. The molecule has 124 valence electrons. The van der Waals surface area contributed by atoms with Crippen molar-refractivity contribution in [2.75, 3.05) is 13.1 Å². The molecule has 3 nitrogen and oxygen atoms in total. The highest BCUT2D eigenvalue weighted by atomic mass is 19.1. The number of aromatic amines is 1. The van der Waals surface area contributed by atoms with Crippen molar-refractivity contribution >= 4 is 16.7 Å². The van der Waals surface area contributed by atoms with Crippen LogP contribution in [0.2, 0.25) is 0 Å². The molecule has 3 rings (SSSR count). The number of nitrogens with one attached hydrogen (secondary N) is 1. The van der Waals surface area contributed by atoms with Gasteiger partial charge in [0, 0.05) is 34.8 Å². The number of benzene rings is 2. The maximum Gasteiger partial charge on any atom is 0.178 e. The second kappa shape index (κ2) is 6.93. The van der Waals surface area contributed by atoms with E-state index in [2.05, 4.69) is 4.98 Å². The molecule has 0 saturated heterocycles. The van der Waals surface area contributed by atoms with Crippen molar-refractivity contribution in [1.82, 2.24) is 9.88 Å². The van der Waals surface area contributed by atoms with Crippen molar-refractivity contribution in [2.24, 2.45) is 0 Å². The lowest BCUT2D eigenvalue weighted by atomic mass is 10.1. The minimum atomic E-state index is -0.590. The van der Waals surface area contributed by atoms with Crippen LogP contribution in [0, 0.1) is 11.6 Å². The average molecular weight is 328 g/mol. The van der Waals surface area contributed by atoms with E-state index in [9.17, 15) is 13.6 Å². The van der Waals surface area contributed by atoms with E-state index >= 15 is 0 Å². The van der Waals surface area contributed by atoms with E-state index in [0.29, 0.717) is 12.1 Å². The summed E-state index contributed by atoms with van der Waals surface area (Å²) in [7, 11) is 0. The summed E-state index contributed by atoms with van der Waals surface area (Å²) in [5.74, 6) is -1.26. The zero-order chi connectivity index (χ0) is 17.1. The molecule has 0 bridgehead atoms. The Balaban J connectivity index is 1.79. The molecule has 0 saturated carbocycles. The van der Waals surface area contributed by atoms with Crippen LogP contribution in [-0.4, -0.2) is 28.8 Å². The van der Waals surface area contributed by atoms with Gasteiger partial charge in [0.2, 0.25) is 0 Å². The molecule has 24 heavy (non-hydrogen) atoms. The first-order chi connectivity index (χ1) is 11.6. The lowest BCUT2D eigenvalue weighted by molar-refractivity contribution is 0.0929. The third kappa shape index (κ3) is 3.21. The zero-order valence-corrected chi connectivity index (χ0v) is 13.4. The fourth-order valence-corrected chi connectivity index (χ4v) is 2.78. The van der Waals surface area contributed by atoms with Crippen LogP contribution in [0.1, 0.15) is 22.8 Å². The smallest absolute Gasteiger partial charge is 0.178 e. The monoisotopic (exact) mass is 328 g/mol. The van der Waals surface area contributed by atoms with E-state index in [-0.39, 0.29) is 24.4 Å². The van der Waals surface area contributed by atoms with E-state index in [1.54, 1.807) is 11.1 Å². The van der Waals surface area contributed by atoms with E-state index in [0.717, 1.165) is 10.9 Å². The Hall–Kier alpha value is -2.53. The van der Waals surface area contributed by atoms with Gasteiger partial charge in [0.05, 0.1) is 6.54 Å². The molecule has 1 heterocycles. The number of aromatic nitrogens is 1. The molecule has 2 aromatic carbocycles. The summed E-state index contributed by atoms with van der Waals surface area (Å²) in [6, 6.07) is 11.3. The van der Waals surface area contributed by atoms with Gasteiger partial charge in [-0.25, -0.2) is 8.78 Å². The number of rotatable bonds is 6. The van der Waals surface area contributed by atoms with Crippen LogP contribution in [0.3, 0.4) is 0 Å². The van der Waals surface area contributed by atoms with Gasteiger partial charge in [0.1, 0.15) is 11.6 Å². The van der Waals surface area contributed by atoms with Gasteiger partial charge in [0.25, 0.3) is 0 Å². The van der Waals surface area contributed by atoms with Crippen LogP contribution in [0.5, 0.6) is 0 Å². The fraction of sp³-hybridized carbons (Fsp3) is 0.211. The Bertz CT molecular complexity index is 852. The summed E-state index contributed by atoms with van der Waals surface area (Å²) in [6.45, 7) is 2.54. The third-order valence-corrected chi connectivity index (χ3v) is 4.15. The minimum absolute atomic E-state index is 0.00826. The molecule has 0 unspecified atom stereocenters. The maximum absolute atomic E-state index is 13.8. The molecule has 0 fully saturated rings. The Labute approximate surface area is 138 Å². The maximum atomic E-state index is 13.8. The zero-order valence-electron chi connectivity index (χ0n) is 13.4. The molecule has 0 aliphatic carbocycles. The van der Waals surface area contributed by atoms with Gasteiger partial charge < -0.3 is 4.98 Å². The van der Waals surface area contributed by atoms with E-state index in [1.165, 1.54) is 18.2 Å². The number of carbonyl (C=O) groups is 1. The Morgan fingerprint density at radius 2 is 1.79 bits per heavy atom. The highest BCUT2D eigenvalue weighted by Gasteiger charge is 2.18. The first kappa shape index (κ1) is 16.3. The van der Waals surface area contributed by atoms with Crippen molar-refractivity contribution in [3.8, 4) is 0 Å². The number of ketones is 1. The molecule has 0 radical (unpaired) electrons. The minimum Gasteiger partial charge on any atom is -0.360 e. The predicted molar refractivity (Wildman–Crippen MR) is 89.9 cm³/mol. The highest BCUT2D eigenvalue weighted by Crippen LogP contribution is 2.19. The van der Waals surface area contributed by atoms with Crippen LogP contribution in [0.15, 0.2) is 48.7 Å². The van der Waals surface area contributed by atoms with Crippen LogP contribution in [0.4, 0.5) is 8.78 Å². The number of fused-ring (bicyclic) bond motifs is 1. The highest BCUT2D eigenvalue weighted by molar-refractivity contribution is 6.08. The van der Waals surface area contributed by atoms with E-state index < -0.39 is 11.6 Å². The summed E-state index contributed by atoms with van der Waals surface area (Å²) >= 11 is 0. The number of Topliss-reactive ketones (excluding diaryl/α,β-unsaturated/α-hetero) is 1. The number of nitrogens with zero attached hydrogens (tertiary/aromatic N) is 1. The second-order valence-electron chi connectivity index (χ2n) is 5.67. The van der Waals surface area contributed by atoms with Crippen LogP contribution >= 0.6 is 0 Å². The summed E-state index contributed by atoms with van der Waals surface area (Å²) in [5, 5.41) is 0.857. The molecular weight excluding hydrogens is 310 g/mol. The number of hydrogen-bond donors (Lipinski definition) is 1. The van der Waals surface area contributed by atoms with Crippen LogP contribution < -0.4 is 0 Å². The topological polar surface area (TPSA) is 36.1 Å². The normalized spacial score (nSPS) is 11.3. The number of hydrogen-bond acceptors (Lipinski definition) is 2. The summed E-state index contributed by atoms with van der Waals surface area (Å²) in [5.41, 5.74) is 1.48. The predicted octanol–water partition coefficient (Wildman–Crippen LogP) is 4.15. The molecule has 0 spiro atoms. The number of para-hydroxylation sites is 1. The van der Waals surface area contributed by atoms with E-state index in [1.807, 2.05) is 31.2 Å². The van der Waals surface area contributed by atoms with Crippen LogP contribution in [0.25, 0.3) is 10.9 Å². The molecule has 0 amide bonds. The van der Waals surface area contributed by atoms with Gasteiger partial charge in [-0.05, 0) is 24.7 Å². The van der Waals surface area contributed by atoms with E-state index in [4.69, 9.17) is 0 Å². The molecule has 1 N–H and O–H groups in total. The van der Waals surface area contributed by atoms with Gasteiger partial charge in [-0.3, -0.25) is 9.69 Å². The first-order valence-corrected chi connectivity index (χ1v) is 7.84. The standard InChI is InChI=1S/C19H18F2N2O/c1-2-23(11-15-16(20)7-5-8-17(15)21)12-19(24)14-10-22-18-9-4-3-6-13(14)18/h3-10,22H,2,11-12H2,1H3. The number of carbonyl (C=O) groups excluding carboxylic acids is 1. The second-order valence-corrected chi connectivity index (χ2v) is 5.67. The van der Waals surface area contributed by atoms with Gasteiger partial charge in [-0.15, -0.1) is 0 Å². The lowest BCUT2D eigenvalue weighted by Crippen LogP contribution is -2.30. The fourth-order valence-electron chi connectivity index (χ4n) is 2.78. The molecule has 0 aliphatic heterocycles. The van der Waals surface area contributed by atoms with Crippen molar-refractivity contribution in [3.63, 3.8) is 0 Å². The number of halogens is 2. The average Bonchev–Trinajstić information content (AvgIpc) is 3.01. The van der Waals surface area contributed by atoms with Gasteiger partial charge in [-0.1, -0.05) is 31.2 Å². The van der Waals surface area contributed by atoms with Gasteiger partial charge in [0.15, 0.2) is 5.78 Å². The van der Waals surface area contributed by atoms with Gasteiger partial charge >= 0.3 is 0 Å². The SMILES string of the molecule is CCN(CC(=O)c1c[nH]c2ccccc12)Cc1c(F)cccc1F. The molecule has 3 aromatic rings. The number of likely N-dealkylation sites (N-methyl/N-ethyl adjacent to an activating group) is 1. The summed E-state index contributed by atoms with van der Waals surface area (Å²) in [6.07, 6.45) is 1.69. The quantitative estimate of drug-likeness (QED) is 0.690. The molecule has 0 atom stereocenters. The number of H-pyrrole nitrogens is 1. The third-order valence-electron chi connectivity index (χ3n) is 4.15.